The van der Waals surface area contributed by atoms with Crippen molar-refractivity contribution in [3.63, 3.8) is 0 Å². The molecule has 4 N–H and O–H groups in total. The molecule has 0 aliphatic heterocycles. The molecular formula is C23H35N5O2. The fourth-order valence-electron chi connectivity index (χ4n) is 3.56. The van der Waals surface area contributed by atoms with Crippen LogP contribution in [0.15, 0.2) is 18.2 Å². The highest BCUT2D eigenvalue weighted by atomic mass is 16.4. The number of carboxylic acids is 1. The zero-order chi connectivity index (χ0) is 22.1. The topological polar surface area (TPSA) is 104 Å². The summed E-state index contributed by atoms with van der Waals surface area (Å²) in [6, 6.07) is 6.43. The van der Waals surface area contributed by atoms with Gasteiger partial charge in [0.25, 0.3) is 0 Å². The van der Waals surface area contributed by atoms with Crippen LogP contribution < -0.4 is 11.1 Å². The van der Waals surface area contributed by atoms with Crippen LogP contribution in [0.5, 0.6) is 0 Å². The van der Waals surface area contributed by atoms with Crippen molar-refractivity contribution in [3.8, 4) is 0 Å². The van der Waals surface area contributed by atoms with Gasteiger partial charge < -0.3 is 16.2 Å². The summed E-state index contributed by atoms with van der Waals surface area (Å²) < 4.78 is 0. The Hall–Kier alpha value is -2.67. The largest absolute Gasteiger partial charge is 0.480 e. The van der Waals surface area contributed by atoms with Crippen molar-refractivity contribution in [1.29, 1.82) is 0 Å². The lowest BCUT2D eigenvalue weighted by Crippen LogP contribution is -2.29. The van der Waals surface area contributed by atoms with Gasteiger partial charge in [-0.25, -0.2) is 4.98 Å². The third-order valence-electron chi connectivity index (χ3n) is 5.29. The van der Waals surface area contributed by atoms with Crippen LogP contribution in [0.2, 0.25) is 0 Å². The van der Waals surface area contributed by atoms with Crippen LogP contribution in [-0.2, 0) is 24.2 Å². The number of aliphatic carboxylic acids is 1. The van der Waals surface area contributed by atoms with Crippen molar-refractivity contribution >= 4 is 17.7 Å². The molecule has 0 atom stereocenters. The van der Waals surface area contributed by atoms with Crippen molar-refractivity contribution in [2.75, 3.05) is 30.7 Å². The molecule has 0 fully saturated rings. The predicted molar refractivity (Wildman–Crippen MR) is 122 cm³/mol. The normalized spacial score (nSPS) is 11.1. The highest BCUT2D eigenvalue weighted by molar-refractivity contribution is 5.69. The van der Waals surface area contributed by atoms with E-state index >= 15 is 0 Å². The molecule has 0 radical (unpaired) electrons. The second kappa shape index (κ2) is 11.5. The fourth-order valence-corrected chi connectivity index (χ4v) is 3.56. The second-order valence-electron chi connectivity index (χ2n) is 7.61. The van der Waals surface area contributed by atoms with E-state index in [-0.39, 0.29) is 6.54 Å². The molecule has 0 saturated carbocycles. The van der Waals surface area contributed by atoms with Crippen LogP contribution in [-0.4, -0.2) is 45.6 Å². The highest BCUT2D eigenvalue weighted by Crippen LogP contribution is 2.24. The molecule has 2 rings (SSSR count). The number of carboxylic acid groups (broad SMARTS) is 1. The first-order valence-electron chi connectivity index (χ1n) is 10.8. The van der Waals surface area contributed by atoms with Crippen molar-refractivity contribution in [1.82, 2.24) is 14.9 Å². The van der Waals surface area contributed by atoms with Gasteiger partial charge in [0.2, 0.25) is 5.95 Å². The number of rotatable bonds is 12. The maximum absolute atomic E-state index is 11.1. The summed E-state index contributed by atoms with van der Waals surface area (Å²) in [7, 11) is 0. The van der Waals surface area contributed by atoms with Crippen LogP contribution in [0.4, 0.5) is 11.8 Å². The molecule has 2 aromatic rings. The SMILES string of the molecule is CCCCNc1nc(N)nc(C)c1Cc1ccc(CN(CC)CC(=O)O)cc1CC. The van der Waals surface area contributed by atoms with Gasteiger partial charge in [0.1, 0.15) is 5.82 Å². The van der Waals surface area contributed by atoms with Crippen molar-refractivity contribution in [3.05, 3.63) is 46.1 Å². The Kier molecular flexibility index (Phi) is 9.05. The molecular weight excluding hydrogens is 378 g/mol. The first-order chi connectivity index (χ1) is 14.4. The predicted octanol–water partition coefficient (Wildman–Crippen LogP) is 3.64. The number of nitrogens with zero attached hydrogens (tertiary/aromatic N) is 3. The van der Waals surface area contributed by atoms with Crippen molar-refractivity contribution in [2.45, 2.75) is 59.9 Å². The molecule has 7 nitrogen and oxygen atoms in total. The second-order valence-corrected chi connectivity index (χ2v) is 7.61. The Balaban J connectivity index is 2.27. The van der Waals surface area contributed by atoms with Gasteiger partial charge in [0, 0.05) is 30.8 Å². The van der Waals surface area contributed by atoms with Crippen molar-refractivity contribution < 1.29 is 9.90 Å². The Morgan fingerprint density at radius 3 is 2.60 bits per heavy atom. The number of unbranched alkanes of at least 4 members (excludes halogenated alkanes) is 1. The van der Waals surface area contributed by atoms with Gasteiger partial charge in [-0.15, -0.1) is 0 Å². The van der Waals surface area contributed by atoms with E-state index < -0.39 is 5.97 Å². The Morgan fingerprint density at radius 1 is 1.20 bits per heavy atom. The van der Waals surface area contributed by atoms with E-state index in [1.165, 1.54) is 11.1 Å². The van der Waals surface area contributed by atoms with Crippen LogP contribution in [0.1, 0.15) is 61.6 Å². The summed E-state index contributed by atoms with van der Waals surface area (Å²) >= 11 is 0. The maximum Gasteiger partial charge on any atom is 0.317 e. The lowest BCUT2D eigenvalue weighted by Gasteiger charge is -2.20. The lowest BCUT2D eigenvalue weighted by molar-refractivity contribution is -0.138. The molecule has 0 saturated heterocycles. The van der Waals surface area contributed by atoms with E-state index in [9.17, 15) is 4.79 Å². The smallest absolute Gasteiger partial charge is 0.317 e. The molecule has 0 unspecified atom stereocenters. The standard InChI is InChI=1S/C23H35N5O2/c1-5-8-11-25-22-20(16(4)26-23(24)27-22)13-19-10-9-17(12-18(19)6-2)14-28(7-3)15-21(29)30/h9-10,12H,5-8,11,13-15H2,1-4H3,(H,29,30)(H3,24,25,26,27). The maximum atomic E-state index is 11.1. The summed E-state index contributed by atoms with van der Waals surface area (Å²) in [5, 5.41) is 12.5. The molecule has 0 aliphatic rings. The average Bonchev–Trinajstić information content (AvgIpc) is 2.70. The Bertz CT molecular complexity index is 854. The van der Waals surface area contributed by atoms with Crippen LogP contribution in [0.3, 0.4) is 0 Å². The molecule has 7 heteroatoms. The first kappa shape index (κ1) is 23.6. The van der Waals surface area contributed by atoms with Gasteiger partial charge in [-0.1, -0.05) is 45.4 Å². The summed E-state index contributed by atoms with van der Waals surface area (Å²) in [6.07, 6.45) is 3.82. The van der Waals surface area contributed by atoms with Crippen LogP contribution >= 0.6 is 0 Å². The van der Waals surface area contributed by atoms with Gasteiger partial charge >= 0.3 is 5.97 Å². The Labute approximate surface area is 179 Å². The molecule has 30 heavy (non-hydrogen) atoms. The van der Waals surface area contributed by atoms with E-state index in [1.807, 2.05) is 18.7 Å². The third-order valence-corrected chi connectivity index (χ3v) is 5.29. The summed E-state index contributed by atoms with van der Waals surface area (Å²) in [4.78, 5) is 21.8. The van der Waals surface area contributed by atoms with E-state index in [4.69, 9.17) is 10.8 Å². The number of aromatic nitrogens is 2. The van der Waals surface area contributed by atoms with Gasteiger partial charge in [-0.2, -0.15) is 4.98 Å². The average molecular weight is 414 g/mol. The fraction of sp³-hybridized carbons (Fsp3) is 0.522. The number of nitrogens with two attached hydrogens (primary N) is 1. The molecule has 0 spiro atoms. The number of benzene rings is 1. The monoisotopic (exact) mass is 413 g/mol. The number of nitrogen functional groups attached to an aromatic ring is 1. The third kappa shape index (κ3) is 6.69. The Morgan fingerprint density at radius 2 is 1.97 bits per heavy atom. The summed E-state index contributed by atoms with van der Waals surface area (Å²) in [5.74, 6) is 0.309. The van der Waals surface area contributed by atoms with Gasteiger partial charge in [0.15, 0.2) is 0 Å². The number of aryl methyl sites for hydroxylation is 2. The van der Waals surface area contributed by atoms with E-state index in [0.29, 0.717) is 19.0 Å². The number of hydrogen-bond donors (Lipinski definition) is 3. The minimum absolute atomic E-state index is 0.0501. The van der Waals surface area contributed by atoms with E-state index in [0.717, 1.165) is 54.9 Å². The molecule has 164 valence electrons. The number of nitrogens with one attached hydrogen (secondary N) is 1. The van der Waals surface area contributed by atoms with E-state index in [1.54, 1.807) is 0 Å². The van der Waals surface area contributed by atoms with E-state index in [2.05, 4.69) is 47.3 Å². The summed E-state index contributed by atoms with van der Waals surface area (Å²) in [6.45, 7) is 10.5. The van der Waals surface area contributed by atoms with Crippen molar-refractivity contribution in [2.24, 2.45) is 0 Å². The molecule has 1 aromatic heterocycles. The summed E-state index contributed by atoms with van der Waals surface area (Å²) in [5.41, 5.74) is 11.5. The number of carbonyl (C=O) groups is 1. The zero-order valence-corrected chi connectivity index (χ0v) is 18.7. The van der Waals surface area contributed by atoms with Crippen LogP contribution in [0.25, 0.3) is 0 Å². The van der Waals surface area contributed by atoms with Gasteiger partial charge in [0.05, 0.1) is 6.54 Å². The molecule has 1 aromatic carbocycles. The molecule has 0 amide bonds. The number of anilines is 2. The van der Waals surface area contributed by atoms with Gasteiger partial charge in [-0.05, 0) is 43.0 Å². The number of hydrogen-bond acceptors (Lipinski definition) is 6. The molecule has 0 bridgehead atoms. The quantitative estimate of drug-likeness (QED) is 0.456. The highest BCUT2D eigenvalue weighted by Gasteiger charge is 2.14. The minimum atomic E-state index is -0.800. The lowest BCUT2D eigenvalue weighted by atomic mass is 9.95. The number of likely N-dealkylation sites (N-methyl/N-ethyl adjacent to an activating group) is 1. The zero-order valence-electron chi connectivity index (χ0n) is 18.7. The van der Waals surface area contributed by atoms with Gasteiger partial charge in [-0.3, -0.25) is 9.69 Å². The first-order valence-corrected chi connectivity index (χ1v) is 10.8. The van der Waals surface area contributed by atoms with Crippen LogP contribution in [0, 0.1) is 6.92 Å². The molecule has 0 aliphatic carbocycles. The molecule has 1 heterocycles. The minimum Gasteiger partial charge on any atom is -0.480 e.